The van der Waals surface area contributed by atoms with Gasteiger partial charge in [-0.05, 0) is 43.9 Å². The average molecular weight is 392 g/mol. The lowest BCUT2D eigenvalue weighted by molar-refractivity contribution is -0.154. The topological polar surface area (TPSA) is 68.6 Å². The van der Waals surface area contributed by atoms with Gasteiger partial charge in [0.1, 0.15) is 0 Å². The second-order valence-corrected chi connectivity index (χ2v) is 8.87. The molecule has 0 saturated carbocycles. The predicted molar refractivity (Wildman–Crippen MR) is 107 cm³/mol. The van der Waals surface area contributed by atoms with Gasteiger partial charge in [-0.1, -0.05) is 23.8 Å². The molecule has 0 radical (unpaired) electrons. The fourth-order valence-electron chi connectivity index (χ4n) is 5.24. The second-order valence-electron chi connectivity index (χ2n) is 8.87. The van der Waals surface area contributed by atoms with E-state index in [-0.39, 0.29) is 23.3 Å². The fourth-order valence-corrected chi connectivity index (χ4v) is 5.24. The summed E-state index contributed by atoms with van der Waals surface area (Å²) in [6.45, 7) is 5.47. The summed E-state index contributed by atoms with van der Waals surface area (Å²) < 4.78 is 7.53. The Balaban J connectivity index is 1.43. The SMILES string of the molecule is Cc1ccc2c(c1)CC(C)(C(=O)N1CC3CC(C1)c1cccc(=O)n1C3)OC2=O. The van der Waals surface area contributed by atoms with E-state index in [1.807, 2.05) is 34.6 Å². The van der Waals surface area contributed by atoms with Gasteiger partial charge in [0.15, 0.2) is 5.60 Å². The van der Waals surface area contributed by atoms with Crippen LogP contribution < -0.4 is 5.56 Å². The van der Waals surface area contributed by atoms with Gasteiger partial charge >= 0.3 is 5.97 Å². The summed E-state index contributed by atoms with van der Waals surface area (Å²) in [5, 5.41) is 0. The lowest BCUT2D eigenvalue weighted by atomic mass is 9.81. The van der Waals surface area contributed by atoms with Gasteiger partial charge in [0.05, 0.1) is 5.56 Å². The molecular weight excluding hydrogens is 368 g/mol. The van der Waals surface area contributed by atoms with Gasteiger partial charge in [0, 0.05) is 43.7 Å². The zero-order valence-electron chi connectivity index (χ0n) is 16.7. The molecule has 5 rings (SSSR count). The maximum Gasteiger partial charge on any atom is 0.339 e. The molecule has 3 atom stereocenters. The van der Waals surface area contributed by atoms with Crippen LogP contribution in [-0.4, -0.2) is 40.0 Å². The van der Waals surface area contributed by atoms with Gasteiger partial charge in [0.25, 0.3) is 11.5 Å². The first-order valence-electron chi connectivity index (χ1n) is 10.2. The Morgan fingerprint density at radius 1 is 1.14 bits per heavy atom. The number of hydrogen-bond acceptors (Lipinski definition) is 4. The van der Waals surface area contributed by atoms with Gasteiger partial charge in [-0.3, -0.25) is 9.59 Å². The summed E-state index contributed by atoms with van der Waals surface area (Å²) in [6.07, 6.45) is 1.36. The molecule has 29 heavy (non-hydrogen) atoms. The number of fused-ring (bicyclic) bond motifs is 5. The summed E-state index contributed by atoms with van der Waals surface area (Å²) in [4.78, 5) is 40.1. The Bertz CT molecular complexity index is 1090. The number of hydrogen-bond donors (Lipinski definition) is 0. The molecule has 1 saturated heterocycles. The van der Waals surface area contributed by atoms with Crippen molar-refractivity contribution in [3.8, 4) is 0 Å². The number of pyridine rings is 1. The molecule has 3 unspecified atom stereocenters. The van der Waals surface area contributed by atoms with Gasteiger partial charge in [-0.2, -0.15) is 0 Å². The van der Waals surface area contributed by atoms with Crippen molar-refractivity contribution in [2.24, 2.45) is 5.92 Å². The number of ether oxygens (including phenoxy) is 1. The Labute approximate surface area is 169 Å². The summed E-state index contributed by atoms with van der Waals surface area (Å²) in [6, 6.07) is 11.0. The van der Waals surface area contributed by atoms with Crippen LogP contribution in [0.25, 0.3) is 0 Å². The number of amides is 1. The minimum Gasteiger partial charge on any atom is -0.445 e. The third-order valence-electron chi connectivity index (χ3n) is 6.55. The third-order valence-corrected chi connectivity index (χ3v) is 6.55. The number of benzene rings is 1. The third kappa shape index (κ3) is 2.89. The van der Waals surface area contributed by atoms with Crippen molar-refractivity contribution in [2.45, 2.75) is 44.8 Å². The van der Waals surface area contributed by atoms with Crippen LogP contribution in [0.3, 0.4) is 0 Å². The van der Waals surface area contributed by atoms with Gasteiger partial charge in [-0.25, -0.2) is 4.79 Å². The zero-order valence-corrected chi connectivity index (χ0v) is 16.7. The van der Waals surface area contributed by atoms with Crippen LogP contribution in [0.2, 0.25) is 0 Å². The van der Waals surface area contributed by atoms with E-state index < -0.39 is 11.6 Å². The molecule has 0 aliphatic carbocycles. The largest absolute Gasteiger partial charge is 0.445 e. The predicted octanol–water partition coefficient (Wildman–Crippen LogP) is 2.27. The first kappa shape index (κ1) is 18.2. The number of cyclic esters (lactones) is 1. The van der Waals surface area contributed by atoms with E-state index in [1.165, 1.54) is 0 Å². The first-order valence-corrected chi connectivity index (χ1v) is 10.2. The van der Waals surface area contributed by atoms with E-state index in [2.05, 4.69) is 0 Å². The molecule has 1 fully saturated rings. The minimum atomic E-state index is -1.19. The maximum absolute atomic E-state index is 13.5. The number of carbonyl (C=O) groups excluding carboxylic acids is 2. The monoisotopic (exact) mass is 392 g/mol. The molecule has 0 spiro atoms. The van der Waals surface area contributed by atoms with Gasteiger partial charge < -0.3 is 14.2 Å². The average Bonchev–Trinajstić information content (AvgIpc) is 2.67. The molecule has 0 N–H and O–H groups in total. The Morgan fingerprint density at radius 3 is 2.79 bits per heavy atom. The summed E-state index contributed by atoms with van der Waals surface area (Å²) in [7, 11) is 0. The lowest BCUT2D eigenvalue weighted by Crippen LogP contribution is -2.57. The van der Waals surface area contributed by atoms with Crippen molar-refractivity contribution >= 4 is 11.9 Å². The molecular formula is C23H24N2O4. The molecule has 1 amide bonds. The summed E-state index contributed by atoms with van der Waals surface area (Å²) in [5.74, 6) is -0.198. The Hall–Kier alpha value is -2.89. The molecule has 3 aliphatic rings. The van der Waals surface area contributed by atoms with E-state index in [1.54, 1.807) is 25.1 Å². The number of piperidine rings is 1. The van der Waals surface area contributed by atoms with Crippen LogP contribution in [0.5, 0.6) is 0 Å². The Morgan fingerprint density at radius 2 is 1.97 bits per heavy atom. The molecule has 6 heteroatoms. The zero-order chi connectivity index (χ0) is 20.3. The molecule has 3 aliphatic heterocycles. The highest BCUT2D eigenvalue weighted by Gasteiger charge is 2.47. The Kier molecular flexibility index (Phi) is 3.95. The number of aromatic nitrogens is 1. The highest BCUT2D eigenvalue weighted by atomic mass is 16.6. The minimum absolute atomic E-state index is 0.0251. The molecule has 4 heterocycles. The molecule has 150 valence electrons. The number of likely N-dealkylation sites (tertiary alicyclic amines) is 1. The van der Waals surface area contributed by atoms with Crippen molar-refractivity contribution in [1.29, 1.82) is 0 Å². The van der Waals surface area contributed by atoms with Crippen LogP contribution in [0.1, 0.15) is 46.4 Å². The van der Waals surface area contributed by atoms with Crippen molar-refractivity contribution < 1.29 is 14.3 Å². The van der Waals surface area contributed by atoms with Crippen LogP contribution >= 0.6 is 0 Å². The number of rotatable bonds is 1. The smallest absolute Gasteiger partial charge is 0.339 e. The van der Waals surface area contributed by atoms with Crippen LogP contribution in [-0.2, 0) is 22.5 Å². The van der Waals surface area contributed by atoms with Gasteiger partial charge in [0.2, 0.25) is 0 Å². The van der Waals surface area contributed by atoms with Crippen molar-refractivity contribution in [3.05, 3.63) is 69.1 Å². The van der Waals surface area contributed by atoms with E-state index >= 15 is 0 Å². The molecule has 1 aromatic carbocycles. The molecule has 1 aromatic heterocycles. The normalized spacial score (nSPS) is 27.7. The van der Waals surface area contributed by atoms with Crippen molar-refractivity contribution in [2.75, 3.05) is 13.1 Å². The summed E-state index contributed by atoms with van der Waals surface area (Å²) >= 11 is 0. The maximum atomic E-state index is 13.5. The van der Waals surface area contributed by atoms with E-state index in [9.17, 15) is 14.4 Å². The first-order chi connectivity index (χ1) is 13.8. The van der Waals surface area contributed by atoms with Crippen LogP contribution in [0.15, 0.2) is 41.2 Å². The molecule has 6 nitrogen and oxygen atoms in total. The standard InChI is InChI=1S/C23H24N2O4/c1-14-6-7-18-16(8-14)10-23(2,29-21(18)27)22(28)24-11-15-9-17(13-24)19-4-3-5-20(26)25(19)12-15/h3-8,15,17H,9-13H2,1-2H3. The van der Waals surface area contributed by atoms with Crippen LogP contribution in [0.4, 0.5) is 0 Å². The van der Waals surface area contributed by atoms with Gasteiger partial charge in [-0.15, -0.1) is 0 Å². The highest BCUT2D eigenvalue weighted by Crippen LogP contribution is 2.37. The molecule has 2 bridgehead atoms. The number of nitrogens with zero attached hydrogens (tertiary/aromatic N) is 2. The summed E-state index contributed by atoms with van der Waals surface area (Å²) in [5.41, 5.74) is 2.30. The van der Waals surface area contributed by atoms with E-state index in [4.69, 9.17) is 4.74 Å². The highest BCUT2D eigenvalue weighted by molar-refractivity contribution is 5.97. The fraction of sp³-hybridized carbons (Fsp3) is 0.435. The lowest BCUT2D eigenvalue weighted by Gasteiger charge is -2.45. The van der Waals surface area contributed by atoms with E-state index in [0.29, 0.717) is 31.6 Å². The van der Waals surface area contributed by atoms with E-state index in [0.717, 1.165) is 23.2 Å². The number of carbonyl (C=O) groups is 2. The van der Waals surface area contributed by atoms with Crippen molar-refractivity contribution in [1.82, 2.24) is 9.47 Å². The van der Waals surface area contributed by atoms with Crippen LogP contribution in [0, 0.1) is 12.8 Å². The second kappa shape index (κ2) is 6.31. The van der Waals surface area contributed by atoms with Crippen molar-refractivity contribution in [3.63, 3.8) is 0 Å². The quantitative estimate of drug-likeness (QED) is 0.699. The number of aryl methyl sites for hydroxylation is 1. The molecule has 2 aromatic rings. The number of esters is 1.